The minimum Gasteiger partial charge on any atom is -0.262 e. The Morgan fingerprint density at radius 1 is 1.70 bits per heavy atom. The third-order valence-electron chi connectivity index (χ3n) is 1.16. The molecule has 0 saturated heterocycles. The molecule has 0 aliphatic rings. The highest BCUT2D eigenvalue weighted by atomic mass is 32.2. The molecule has 1 nitrogen and oxygen atoms in total. The molecule has 0 unspecified atom stereocenters. The molecule has 0 aliphatic heterocycles. The largest absolute Gasteiger partial charge is 0.262 e. The van der Waals surface area contributed by atoms with Crippen molar-refractivity contribution in [1.82, 2.24) is 4.98 Å². The van der Waals surface area contributed by atoms with Gasteiger partial charge in [0.15, 0.2) is 0 Å². The molecule has 1 rings (SSSR count). The fraction of sp³-hybridized carbons (Fsp3) is 0.286. The Labute approximate surface area is 63.7 Å². The minimum absolute atomic E-state index is 0.211. The van der Waals surface area contributed by atoms with E-state index in [2.05, 4.69) is 4.98 Å². The van der Waals surface area contributed by atoms with Gasteiger partial charge in [-0.05, 0) is 12.3 Å². The zero-order valence-corrected chi connectivity index (χ0v) is 6.49. The fourth-order valence-electron chi connectivity index (χ4n) is 0.677. The first-order chi connectivity index (χ1) is 4.84. The first kappa shape index (κ1) is 7.54. The van der Waals surface area contributed by atoms with Crippen LogP contribution in [0.1, 0.15) is 5.56 Å². The number of pyridine rings is 1. The third kappa shape index (κ3) is 1.70. The number of hydrogen-bond acceptors (Lipinski definition) is 2. The molecule has 1 aromatic rings. The van der Waals surface area contributed by atoms with Crippen LogP contribution in [0.5, 0.6) is 0 Å². The van der Waals surface area contributed by atoms with Gasteiger partial charge >= 0.3 is 0 Å². The number of halogens is 1. The molecule has 0 saturated carbocycles. The summed E-state index contributed by atoms with van der Waals surface area (Å²) in [7, 11) is 0. The van der Waals surface area contributed by atoms with Crippen LogP contribution < -0.4 is 0 Å². The second-order valence-corrected chi connectivity index (χ2v) is 2.77. The van der Waals surface area contributed by atoms with Gasteiger partial charge in [-0.15, -0.1) is 0 Å². The van der Waals surface area contributed by atoms with Crippen LogP contribution in [0.2, 0.25) is 0 Å². The molecule has 1 heterocycles. The molecule has 10 heavy (non-hydrogen) atoms. The lowest BCUT2D eigenvalue weighted by molar-refractivity contribution is 0.611. The van der Waals surface area contributed by atoms with Crippen LogP contribution in [0.25, 0.3) is 0 Å². The van der Waals surface area contributed by atoms with Gasteiger partial charge in [-0.1, -0.05) is 0 Å². The van der Waals surface area contributed by atoms with Crippen molar-refractivity contribution in [3.63, 3.8) is 0 Å². The molecular weight excluding hydrogens is 149 g/mol. The Kier molecular flexibility index (Phi) is 2.68. The zero-order chi connectivity index (χ0) is 7.40. The van der Waals surface area contributed by atoms with E-state index in [4.69, 9.17) is 0 Å². The smallest absolute Gasteiger partial charge is 0.145 e. The molecule has 0 aliphatic carbocycles. The van der Waals surface area contributed by atoms with Gasteiger partial charge in [0.05, 0.1) is 6.20 Å². The Morgan fingerprint density at radius 3 is 3.10 bits per heavy atom. The van der Waals surface area contributed by atoms with Gasteiger partial charge in [0.2, 0.25) is 0 Å². The summed E-state index contributed by atoms with van der Waals surface area (Å²) in [5, 5.41) is 0. The molecule has 0 aromatic carbocycles. The molecule has 3 heteroatoms. The van der Waals surface area contributed by atoms with Crippen LogP contribution in [-0.2, 0) is 5.75 Å². The van der Waals surface area contributed by atoms with Crippen molar-refractivity contribution in [3.8, 4) is 0 Å². The molecule has 0 bridgehead atoms. The van der Waals surface area contributed by atoms with E-state index in [1.165, 1.54) is 6.20 Å². The molecule has 0 atom stereocenters. The average Bonchev–Trinajstić information content (AvgIpc) is 1.94. The highest BCUT2D eigenvalue weighted by molar-refractivity contribution is 7.97. The lowest BCUT2D eigenvalue weighted by Gasteiger charge is -1.96. The average molecular weight is 157 g/mol. The molecule has 0 N–H and O–H groups in total. The van der Waals surface area contributed by atoms with E-state index in [0.717, 1.165) is 5.56 Å². The predicted octanol–water partition coefficient (Wildman–Crippen LogP) is 2.08. The van der Waals surface area contributed by atoms with Crippen molar-refractivity contribution in [2.24, 2.45) is 0 Å². The van der Waals surface area contributed by atoms with Crippen LogP contribution in [0, 0.1) is 5.82 Å². The summed E-state index contributed by atoms with van der Waals surface area (Å²) < 4.78 is 12.7. The first-order valence-electron chi connectivity index (χ1n) is 2.92. The van der Waals surface area contributed by atoms with E-state index >= 15 is 0 Å². The topological polar surface area (TPSA) is 12.9 Å². The van der Waals surface area contributed by atoms with E-state index in [9.17, 15) is 4.39 Å². The molecule has 0 amide bonds. The second kappa shape index (κ2) is 3.56. The lowest BCUT2D eigenvalue weighted by Crippen LogP contribution is -1.86. The van der Waals surface area contributed by atoms with Crippen molar-refractivity contribution < 1.29 is 4.39 Å². The van der Waals surface area contributed by atoms with Gasteiger partial charge in [-0.25, -0.2) is 4.39 Å². The molecule has 1 aromatic heterocycles. The molecule has 54 valence electrons. The van der Waals surface area contributed by atoms with Crippen LogP contribution >= 0.6 is 11.8 Å². The van der Waals surface area contributed by atoms with Gasteiger partial charge in [-0.3, -0.25) is 4.98 Å². The summed E-state index contributed by atoms with van der Waals surface area (Å²) in [5.74, 6) is 0.505. The van der Waals surface area contributed by atoms with Crippen LogP contribution in [0.15, 0.2) is 18.5 Å². The van der Waals surface area contributed by atoms with Crippen LogP contribution in [0.4, 0.5) is 4.39 Å². The Hall–Kier alpha value is -0.570. The summed E-state index contributed by atoms with van der Waals surface area (Å²) in [4.78, 5) is 3.64. The molecule has 0 fully saturated rings. The Morgan fingerprint density at radius 2 is 2.50 bits per heavy atom. The van der Waals surface area contributed by atoms with Crippen LogP contribution in [0.3, 0.4) is 0 Å². The van der Waals surface area contributed by atoms with Crippen molar-refractivity contribution in [2.75, 3.05) is 6.26 Å². The maximum absolute atomic E-state index is 12.7. The zero-order valence-electron chi connectivity index (χ0n) is 5.67. The van der Waals surface area contributed by atoms with Gasteiger partial charge in [0.25, 0.3) is 0 Å². The number of hydrogen-bond donors (Lipinski definition) is 0. The summed E-state index contributed by atoms with van der Waals surface area (Å²) >= 11 is 1.60. The number of aromatic nitrogens is 1. The third-order valence-corrected chi connectivity index (χ3v) is 1.76. The van der Waals surface area contributed by atoms with E-state index in [0.29, 0.717) is 5.75 Å². The van der Waals surface area contributed by atoms with E-state index in [-0.39, 0.29) is 5.82 Å². The van der Waals surface area contributed by atoms with Crippen molar-refractivity contribution in [2.45, 2.75) is 5.75 Å². The summed E-state index contributed by atoms with van der Waals surface area (Å²) in [6.07, 6.45) is 4.79. The Bertz CT molecular complexity index is 215. The number of nitrogens with zero attached hydrogens (tertiary/aromatic N) is 1. The van der Waals surface area contributed by atoms with E-state index < -0.39 is 0 Å². The monoisotopic (exact) mass is 157 g/mol. The second-order valence-electron chi connectivity index (χ2n) is 1.90. The van der Waals surface area contributed by atoms with Gasteiger partial charge in [-0.2, -0.15) is 11.8 Å². The highest BCUT2D eigenvalue weighted by Crippen LogP contribution is 2.10. The summed E-state index contributed by atoms with van der Waals surface area (Å²) in [5.41, 5.74) is 0.725. The SMILES string of the molecule is CSCc1ccncc1F. The summed E-state index contributed by atoms with van der Waals surface area (Å²) in [6.45, 7) is 0. The predicted molar refractivity (Wildman–Crippen MR) is 41.4 cm³/mol. The lowest BCUT2D eigenvalue weighted by atomic mass is 10.3. The van der Waals surface area contributed by atoms with Gasteiger partial charge in [0, 0.05) is 17.5 Å². The van der Waals surface area contributed by atoms with Crippen molar-refractivity contribution >= 4 is 11.8 Å². The number of thioether (sulfide) groups is 1. The quantitative estimate of drug-likeness (QED) is 0.652. The molecule has 0 spiro atoms. The molecular formula is C7H8FNS. The van der Waals surface area contributed by atoms with Crippen LogP contribution in [-0.4, -0.2) is 11.2 Å². The highest BCUT2D eigenvalue weighted by Gasteiger charge is 1.97. The number of rotatable bonds is 2. The molecule has 0 radical (unpaired) electrons. The maximum Gasteiger partial charge on any atom is 0.145 e. The van der Waals surface area contributed by atoms with E-state index in [1.807, 2.05) is 6.26 Å². The summed E-state index contributed by atoms with van der Waals surface area (Å²) in [6, 6.07) is 1.70. The van der Waals surface area contributed by atoms with Crippen molar-refractivity contribution in [3.05, 3.63) is 29.8 Å². The normalized spacial score (nSPS) is 9.80. The van der Waals surface area contributed by atoms with Gasteiger partial charge < -0.3 is 0 Å². The van der Waals surface area contributed by atoms with Crippen molar-refractivity contribution in [1.29, 1.82) is 0 Å². The minimum atomic E-state index is -0.211. The first-order valence-corrected chi connectivity index (χ1v) is 4.31. The van der Waals surface area contributed by atoms with Gasteiger partial charge in [0.1, 0.15) is 5.82 Å². The maximum atomic E-state index is 12.7. The fourth-order valence-corrected chi connectivity index (χ4v) is 1.22. The Balaban J connectivity index is 2.81. The standard InChI is InChI=1S/C7H8FNS/c1-10-5-6-2-3-9-4-7(6)8/h2-4H,5H2,1H3. The van der Waals surface area contributed by atoms with E-state index in [1.54, 1.807) is 24.0 Å².